The Kier molecular flexibility index (Phi) is 4.47. The summed E-state index contributed by atoms with van der Waals surface area (Å²) in [6, 6.07) is 5.18. The average molecular weight is 427 g/mol. The van der Waals surface area contributed by atoms with Crippen LogP contribution in [0.3, 0.4) is 0 Å². The highest BCUT2D eigenvalue weighted by Crippen LogP contribution is 2.26. The molecule has 112 valence electrons. The topological polar surface area (TPSA) is 46.2 Å². The van der Waals surface area contributed by atoms with Gasteiger partial charge in [0.05, 0.1) is 14.2 Å². The van der Waals surface area contributed by atoms with Crippen molar-refractivity contribution >= 4 is 38.3 Å². The number of rotatable bonds is 3. The largest absolute Gasteiger partial charge is 0.277 e. The number of sulfonamides is 1. The Hall–Kier alpha value is -1.29. The predicted octanol–water partition coefficient (Wildman–Crippen LogP) is 3.82. The summed E-state index contributed by atoms with van der Waals surface area (Å²) in [6.07, 6.45) is 0. The molecule has 0 saturated heterocycles. The molecule has 0 atom stereocenters. The molecule has 0 unspecified atom stereocenters. The first-order valence-electron chi connectivity index (χ1n) is 5.65. The van der Waals surface area contributed by atoms with Crippen LogP contribution in [0.2, 0.25) is 0 Å². The van der Waals surface area contributed by atoms with Gasteiger partial charge in [0.15, 0.2) is 5.82 Å². The van der Waals surface area contributed by atoms with E-state index in [0.29, 0.717) is 5.56 Å². The van der Waals surface area contributed by atoms with Gasteiger partial charge >= 0.3 is 0 Å². The molecule has 8 heteroatoms. The summed E-state index contributed by atoms with van der Waals surface area (Å²) in [5.74, 6) is -2.54. The highest BCUT2D eigenvalue weighted by Gasteiger charge is 2.21. The van der Waals surface area contributed by atoms with Crippen molar-refractivity contribution in [3.05, 3.63) is 56.9 Å². The fourth-order valence-electron chi connectivity index (χ4n) is 1.67. The zero-order valence-corrected chi connectivity index (χ0v) is 13.6. The van der Waals surface area contributed by atoms with Gasteiger partial charge in [0.1, 0.15) is 11.6 Å². The van der Waals surface area contributed by atoms with E-state index in [0.717, 1.165) is 24.3 Å². The molecule has 0 spiro atoms. The van der Waals surface area contributed by atoms with E-state index in [1.807, 2.05) is 4.72 Å². The third-order valence-electron chi connectivity index (χ3n) is 2.72. The van der Waals surface area contributed by atoms with Crippen molar-refractivity contribution in [1.82, 2.24) is 0 Å². The van der Waals surface area contributed by atoms with Crippen molar-refractivity contribution < 1.29 is 21.6 Å². The van der Waals surface area contributed by atoms with Gasteiger partial charge in [-0.05, 0) is 59.3 Å². The lowest BCUT2D eigenvalue weighted by atomic mass is 10.2. The maximum Gasteiger partial charge on any atom is 0.262 e. The quantitative estimate of drug-likeness (QED) is 0.598. The molecular weight excluding hydrogens is 418 g/mol. The van der Waals surface area contributed by atoms with Gasteiger partial charge in [-0.2, -0.15) is 0 Å². The van der Waals surface area contributed by atoms with Crippen molar-refractivity contribution in [2.45, 2.75) is 11.8 Å². The molecule has 0 aliphatic rings. The van der Waals surface area contributed by atoms with E-state index in [9.17, 15) is 21.6 Å². The Balaban J connectivity index is 2.47. The molecule has 0 radical (unpaired) electrons. The lowest BCUT2D eigenvalue weighted by Gasteiger charge is -2.12. The molecule has 2 aromatic rings. The lowest BCUT2D eigenvalue weighted by Crippen LogP contribution is -2.16. The minimum Gasteiger partial charge on any atom is -0.277 e. The van der Waals surface area contributed by atoms with Crippen molar-refractivity contribution in [1.29, 1.82) is 0 Å². The average Bonchev–Trinajstić information content (AvgIpc) is 2.42. The van der Waals surface area contributed by atoms with Gasteiger partial charge in [0.2, 0.25) is 0 Å². The second-order valence-electron chi connectivity index (χ2n) is 4.24. The van der Waals surface area contributed by atoms with Gasteiger partial charge in [-0.25, -0.2) is 21.6 Å². The highest BCUT2D eigenvalue weighted by atomic mass is 127. The first-order valence-corrected chi connectivity index (χ1v) is 8.21. The second kappa shape index (κ2) is 5.84. The van der Waals surface area contributed by atoms with Gasteiger partial charge in [0, 0.05) is 0 Å². The summed E-state index contributed by atoms with van der Waals surface area (Å²) in [6.45, 7) is 1.48. The summed E-state index contributed by atoms with van der Waals surface area (Å²) in [7, 11) is -4.17. The smallest absolute Gasteiger partial charge is 0.262 e. The third-order valence-corrected chi connectivity index (χ3v) is 5.22. The molecule has 0 aromatic heterocycles. The normalized spacial score (nSPS) is 11.5. The Morgan fingerprint density at radius 1 is 1.10 bits per heavy atom. The summed E-state index contributed by atoms with van der Waals surface area (Å²) in [5.41, 5.74) is -0.0921. The van der Waals surface area contributed by atoms with E-state index in [4.69, 9.17) is 0 Å². The standard InChI is InChI=1S/C13H9F3INO2S/c1-7-2-3-8(14)6-11(7)21(19,20)18-10-5-4-9(15)13(17)12(10)16/h2-6,18H,1H3. The minimum atomic E-state index is -4.17. The Labute approximate surface area is 133 Å². The van der Waals surface area contributed by atoms with Crippen LogP contribution in [-0.2, 0) is 10.0 Å². The Morgan fingerprint density at radius 2 is 1.76 bits per heavy atom. The molecule has 3 nitrogen and oxygen atoms in total. The Morgan fingerprint density at radius 3 is 2.43 bits per heavy atom. The summed E-state index contributed by atoms with van der Waals surface area (Å²) < 4.78 is 66.2. The zero-order chi connectivity index (χ0) is 15.8. The summed E-state index contributed by atoms with van der Waals surface area (Å²) >= 11 is 1.43. The number of halogens is 4. The van der Waals surface area contributed by atoms with Crippen LogP contribution in [0.15, 0.2) is 35.2 Å². The molecule has 0 aliphatic carbocycles. The monoisotopic (exact) mass is 427 g/mol. The molecule has 0 bridgehead atoms. The number of benzene rings is 2. The van der Waals surface area contributed by atoms with Crippen molar-refractivity contribution in [3.63, 3.8) is 0 Å². The molecule has 1 N–H and O–H groups in total. The van der Waals surface area contributed by atoms with Crippen LogP contribution < -0.4 is 4.72 Å². The first-order chi connectivity index (χ1) is 9.72. The van der Waals surface area contributed by atoms with Crippen LogP contribution in [0.1, 0.15) is 5.56 Å². The maximum absolute atomic E-state index is 13.8. The van der Waals surface area contributed by atoms with Crippen molar-refractivity contribution in [3.8, 4) is 0 Å². The van der Waals surface area contributed by atoms with E-state index in [2.05, 4.69) is 0 Å². The van der Waals surface area contributed by atoms with Gasteiger partial charge in [0.25, 0.3) is 10.0 Å². The maximum atomic E-state index is 13.8. The second-order valence-corrected chi connectivity index (χ2v) is 6.97. The molecule has 2 aromatic carbocycles. The molecule has 21 heavy (non-hydrogen) atoms. The molecule has 0 amide bonds. The number of hydrogen-bond donors (Lipinski definition) is 1. The number of aryl methyl sites for hydroxylation is 1. The third kappa shape index (κ3) is 3.31. The first kappa shape index (κ1) is 16.1. The molecule has 2 rings (SSSR count). The predicted molar refractivity (Wildman–Crippen MR) is 81.0 cm³/mol. The van der Waals surface area contributed by atoms with Crippen molar-refractivity contribution in [2.75, 3.05) is 4.72 Å². The van der Waals surface area contributed by atoms with E-state index >= 15 is 0 Å². The summed E-state index contributed by atoms with van der Waals surface area (Å²) in [5, 5.41) is 0. The lowest BCUT2D eigenvalue weighted by molar-refractivity contribution is 0.571. The van der Waals surface area contributed by atoms with Crippen LogP contribution in [-0.4, -0.2) is 8.42 Å². The number of nitrogens with one attached hydrogen (secondary N) is 1. The number of anilines is 1. The van der Waals surface area contributed by atoms with Crippen molar-refractivity contribution in [2.24, 2.45) is 0 Å². The fraction of sp³-hybridized carbons (Fsp3) is 0.0769. The van der Waals surface area contributed by atoms with Gasteiger partial charge < -0.3 is 0 Å². The van der Waals surface area contributed by atoms with Crippen LogP contribution in [0.25, 0.3) is 0 Å². The van der Waals surface area contributed by atoms with E-state index in [1.165, 1.54) is 35.6 Å². The van der Waals surface area contributed by atoms with Gasteiger partial charge in [-0.1, -0.05) is 6.07 Å². The molecular formula is C13H9F3INO2S. The van der Waals surface area contributed by atoms with Crippen LogP contribution >= 0.6 is 22.6 Å². The SMILES string of the molecule is Cc1ccc(F)cc1S(=O)(=O)Nc1ccc(F)c(I)c1F. The minimum absolute atomic E-state index is 0.304. The molecule has 0 heterocycles. The highest BCUT2D eigenvalue weighted by molar-refractivity contribution is 14.1. The Bertz CT molecular complexity index is 809. The van der Waals surface area contributed by atoms with Crippen LogP contribution in [0, 0.1) is 27.9 Å². The van der Waals surface area contributed by atoms with E-state index in [-0.39, 0.29) is 8.47 Å². The fourth-order valence-corrected chi connectivity index (χ4v) is 3.46. The van der Waals surface area contributed by atoms with Crippen LogP contribution in [0.5, 0.6) is 0 Å². The number of hydrogen-bond acceptors (Lipinski definition) is 2. The molecule has 0 fully saturated rings. The van der Waals surface area contributed by atoms with Gasteiger partial charge in [-0.15, -0.1) is 0 Å². The zero-order valence-electron chi connectivity index (χ0n) is 10.6. The molecule has 0 saturated carbocycles. The summed E-state index contributed by atoms with van der Waals surface area (Å²) in [4.78, 5) is -0.304. The van der Waals surface area contributed by atoms with Gasteiger partial charge in [-0.3, -0.25) is 4.72 Å². The van der Waals surface area contributed by atoms with Crippen LogP contribution in [0.4, 0.5) is 18.9 Å². The molecule has 0 aliphatic heterocycles. The van der Waals surface area contributed by atoms with E-state index < -0.39 is 33.2 Å². The van der Waals surface area contributed by atoms with E-state index in [1.54, 1.807) is 0 Å².